The molecule has 0 atom stereocenters. The Kier molecular flexibility index (Phi) is 4.58. The van der Waals surface area contributed by atoms with Crippen molar-refractivity contribution in [3.8, 4) is 0 Å². The van der Waals surface area contributed by atoms with Gasteiger partial charge in [-0.15, -0.1) is 0 Å². The van der Waals surface area contributed by atoms with Crippen molar-refractivity contribution in [2.24, 2.45) is 0 Å². The van der Waals surface area contributed by atoms with Gasteiger partial charge in [0.25, 0.3) is 0 Å². The summed E-state index contributed by atoms with van der Waals surface area (Å²) in [6.07, 6.45) is 0. The van der Waals surface area contributed by atoms with Gasteiger partial charge in [0.15, 0.2) is 0 Å². The zero-order valence-electron chi connectivity index (χ0n) is 8.18. The van der Waals surface area contributed by atoms with E-state index in [1.165, 1.54) is 6.92 Å². The van der Waals surface area contributed by atoms with Gasteiger partial charge in [0, 0.05) is 0 Å². The van der Waals surface area contributed by atoms with Crippen LogP contribution in [-0.4, -0.2) is 20.7 Å². The normalized spacial score (nSPS) is 12.3. The first-order valence-electron chi connectivity index (χ1n) is 4.11. The minimum absolute atomic E-state index is 0.169. The van der Waals surface area contributed by atoms with Crippen molar-refractivity contribution < 1.29 is 4.79 Å². The second-order valence-electron chi connectivity index (χ2n) is 3.09. The number of halogens is 3. The number of benzene rings is 1. The molecule has 0 unspecified atom stereocenters. The van der Waals surface area contributed by atoms with Gasteiger partial charge in [0.05, 0.1) is 0 Å². The Morgan fingerprint density at radius 1 is 1.33 bits per heavy atom. The van der Waals surface area contributed by atoms with Crippen LogP contribution in [0.3, 0.4) is 0 Å². The molecule has 6 heteroatoms. The molecule has 1 rings (SSSR count). The van der Waals surface area contributed by atoms with Gasteiger partial charge >= 0.3 is 105 Å². The molecule has 0 saturated carbocycles. The molecule has 84 valence electrons. The Morgan fingerprint density at radius 3 is 2.40 bits per heavy atom. The van der Waals surface area contributed by atoms with Crippen LogP contribution >= 0.6 is 26.9 Å². The summed E-state index contributed by atoms with van der Waals surface area (Å²) in [5.74, 6) is -0.169. The summed E-state index contributed by atoms with van der Waals surface area (Å²) in [7, 11) is 18.0. The Balaban J connectivity index is 3.20. The number of aryl methyl sites for hydroxylation is 1. The quantitative estimate of drug-likeness (QED) is 0.784. The SMILES string of the molecule is CC(=O)Nc1ccc(C)cc1[Te](Cl)(Cl)Cl. The fraction of sp³-hybridized carbons (Fsp3) is 0.222. The van der Waals surface area contributed by atoms with Gasteiger partial charge in [-0.2, -0.15) is 0 Å². The third-order valence-electron chi connectivity index (χ3n) is 1.70. The number of rotatable bonds is 2. The maximum absolute atomic E-state index is 11.0. The van der Waals surface area contributed by atoms with E-state index < -0.39 is 14.8 Å². The van der Waals surface area contributed by atoms with Crippen LogP contribution in [0.2, 0.25) is 0 Å². The Labute approximate surface area is 104 Å². The number of nitrogens with one attached hydrogen (secondary N) is 1. The third kappa shape index (κ3) is 4.01. The van der Waals surface area contributed by atoms with Gasteiger partial charge in [-0.05, 0) is 0 Å². The predicted molar refractivity (Wildman–Crippen MR) is 68.4 cm³/mol. The molecule has 0 heterocycles. The van der Waals surface area contributed by atoms with Crippen LogP contribution < -0.4 is 8.93 Å². The van der Waals surface area contributed by atoms with Crippen LogP contribution in [0.4, 0.5) is 5.69 Å². The predicted octanol–water partition coefficient (Wildman–Crippen LogP) is 2.82. The summed E-state index contributed by atoms with van der Waals surface area (Å²) in [5, 5.41) is 2.66. The molecular formula is C9H10Cl3NOTe. The Morgan fingerprint density at radius 2 is 1.93 bits per heavy atom. The molecule has 0 aromatic heterocycles. The average Bonchev–Trinajstić information content (AvgIpc) is 2.05. The van der Waals surface area contributed by atoms with E-state index >= 15 is 0 Å². The number of amides is 1. The second kappa shape index (κ2) is 5.12. The van der Waals surface area contributed by atoms with Crippen molar-refractivity contribution in [3.63, 3.8) is 0 Å². The van der Waals surface area contributed by atoms with Gasteiger partial charge in [-0.25, -0.2) is 0 Å². The van der Waals surface area contributed by atoms with Crippen LogP contribution in [0.25, 0.3) is 0 Å². The molecule has 0 aliphatic rings. The summed E-state index contributed by atoms with van der Waals surface area (Å²) in [5.41, 5.74) is 1.62. The van der Waals surface area contributed by atoms with Crippen LogP contribution in [-0.2, 0) is 4.79 Å². The molecule has 0 bridgehead atoms. The first kappa shape index (κ1) is 13.4. The number of carbonyl (C=O) groups is 1. The average molecular weight is 382 g/mol. The molecular weight excluding hydrogens is 372 g/mol. The molecule has 0 fully saturated rings. The van der Waals surface area contributed by atoms with Crippen molar-refractivity contribution >= 4 is 56.9 Å². The van der Waals surface area contributed by atoms with E-state index in [0.29, 0.717) is 9.30 Å². The zero-order valence-corrected chi connectivity index (χ0v) is 12.8. The summed E-state index contributed by atoms with van der Waals surface area (Å²) in [6, 6.07) is 5.45. The molecule has 0 spiro atoms. The van der Waals surface area contributed by atoms with Crippen molar-refractivity contribution in [2.75, 3.05) is 5.32 Å². The topological polar surface area (TPSA) is 29.1 Å². The maximum atomic E-state index is 11.0. The van der Waals surface area contributed by atoms with Gasteiger partial charge < -0.3 is 0 Å². The van der Waals surface area contributed by atoms with Crippen molar-refractivity contribution in [1.82, 2.24) is 0 Å². The summed E-state index contributed by atoms with van der Waals surface area (Å²) < 4.78 is 0.665. The number of hydrogen-bond donors (Lipinski definition) is 1. The number of hydrogen-bond acceptors (Lipinski definition) is 1. The van der Waals surface area contributed by atoms with Crippen LogP contribution in [0.5, 0.6) is 0 Å². The third-order valence-corrected chi connectivity index (χ3v) is 7.43. The van der Waals surface area contributed by atoms with Crippen molar-refractivity contribution in [2.45, 2.75) is 13.8 Å². The van der Waals surface area contributed by atoms with Gasteiger partial charge in [0.2, 0.25) is 0 Å². The van der Waals surface area contributed by atoms with Crippen LogP contribution in [0, 0.1) is 6.92 Å². The van der Waals surface area contributed by atoms with Crippen LogP contribution in [0.15, 0.2) is 18.2 Å². The Bertz CT molecular complexity index is 389. The molecule has 0 radical (unpaired) electrons. The molecule has 1 amide bonds. The Hall–Kier alpha value is 0.350. The molecule has 0 aliphatic carbocycles. The van der Waals surface area contributed by atoms with Gasteiger partial charge in [-0.1, -0.05) is 0 Å². The van der Waals surface area contributed by atoms with E-state index in [4.69, 9.17) is 26.9 Å². The fourth-order valence-corrected chi connectivity index (χ4v) is 5.65. The number of carbonyl (C=O) groups excluding carboxylic acids is 1. The summed E-state index contributed by atoms with van der Waals surface area (Å²) in [6.45, 7) is 3.34. The molecule has 15 heavy (non-hydrogen) atoms. The molecule has 0 aliphatic heterocycles. The molecule has 1 N–H and O–H groups in total. The number of anilines is 1. The van der Waals surface area contributed by atoms with E-state index in [0.717, 1.165) is 5.56 Å². The fourth-order valence-electron chi connectivity index (χ4n) is 1.11. The molecule has 2 nitrogen and oxygen atoms in total. The summed E-state index contributed by atoms with van der Waals surface area (Å²) >= 11 is -3.50. The standard InChI is InChI=1S/C9H10Cl3NOTe/c1-6-3-4-8(13-7(2)14)9(5-6)15(10,11)12/h3-5H,1-2H3,(H,13,14). The molecule has 0 saturated heterocycles. The van der Waals surface area contributed by atoms with Gasteiger partial charge in [0.1, 0.15) is 0 Å². The first-order valence-corrected chi connectivity index (χ1v) is 14.1. The second-order valence-corrected chi connectivity index (χ2v) is 19.2. The molecule has 1 aromatic carbocycles. The van der Waals surface area contributed by atoms with Crippen molar-refractivity contribution in [1.29, 1.82) is 0 Å². The van der Waals surface area contributed by atoms with E-state index in [1.807, 2.05) is 19.1 Å². The van der Waals surface area contributed by atoms with E-state index in [9.17, 15) is 4.79 Å². The minimum atomic E-state index is -3.50. The first-order chi connectivity index (χ1) is 6.80. The van der Waals surface area contributed by atoms with Crippen LogP contribution in [0.1, 0.15) is 12.5 Å². The van der Waals surface area contributed by atoms with E-state index in [2.05, 4.69) is 5.32 Å². The van der Waals surface area contributed by atoms with Gasteiger partial charge in [-0.3, -0.25) is 0 Å². The summed E-state index contributed by atoms with van der Waals surface area (Å²) in [4.78, 5) is 11.0. The monoisotopic (exact) mass is 383 g/mol. The van der Waals surface area contributed by atoms with Crippen molar-refractivity contribution in [3.05, 3.63) is 23.8 Å². The zero-order chi connectivity index (χ0) is 11.6. The van der Waals surface area contributed by atoms with E-state index in [1.54, 1.807) is 6.07 Å². The molecule has 1 aromatic rings. The van der Waals surface area contributed by atoms with E-state index in [-0.39, 0.29) is 5.91 Å².